The molecule has 1 aliphatic rings. The highest BCUT2D eigenvalue weighted by Gasteiger charge is 2.21. The van der Waals surface area contributed by atoms with E-state index in [1.165, 1.54) is 12.8 Å². The highest BCUT2D eigenvalue weighted by atomic mass is 16.6. The lowest BCUT2D eigenvalue weighted by molar-refractivity contribution is -0.117. The van der Waals surface area contributed by atoms with Crippen molar-refractivity contribution in [3.63, 3.8) is 0 Å². The van der Waals surface area contributed by atoms with Crippen LogP contribution in [0.5, 0.6) is 0 Å². The number of fused-ring (bicyclic) bond motifs is 1. The summed E-state index contributed by atoms with van der Waals surface area (Å²) in [6, 6.07) is 6.85. The van der Waals surface area contributed by atoms with E-state index < -0.39 is 17.7 Å². The Balaban J connectivity index is 1.58. The largest absolute Gasteiger partial charge is 0.444 e. The highest BCUT2D eigenvalue weighted by Crippen LogP contribution is 2.24. The zero-order valence-corrected chi connectivity index (χ0v) is 16.9. The maximum atomic E-state index is 12.3. The summed E-state index contributed by atoms with van der Waals surface area (Å²) in [5, 5.41) is 5.34. The molecule has 0 saturated carbocycles. The third-order valence-corrected chi connectivity index (χ3v) is 4.48. The quantitative estimate of drug-likeness (QED) is 0.841. The van der Waals surface area contributed by atoms with Gasteiger partial charge in [-0.15, -0.1) is 0 Å². The predicted molar refractivity (Wildman–Crippen MR) is 108 cm³/mol. The fraction of sp³-hybridized carbons (Fsp3) is 0.476. The second-order valence-corrected chi connectivity index (χ2v) is 8.13. The van der Waals surface area contributed by atoms with Gasteiger partial charge in [-0.2, -0.15) is 0 Å². The number of imidazole rings is 1. The Morgan fingerprint density at radius 3 is 2.54 bits per heavy atom. The smallest absolute Gasteiger partial charge is 0.408 e. The predicted octanol–water partition coefficient (Wildman–Crippen LogP) is 3.74. The molecule has 1 unspecified atom stereocenters. The van der Waals surface area contributed by atoms with Crippen molar-refractivity contribution in [2.24, 2.45) is 0 Å². The zero-order valence-electron chi connectivity index (χ0n) is 16.9. The molecule has 0 saturated heterocycles. The second kappa shape index (κ2) is 8.04. The molecule has 2 N–H and O–H groups in total. The molecule has 1 atom stereocenters. The number of nitrogens with zero attached hydrogens (tertiary/aromatic N) is 2. The Morgan fingerprint density at radius 2 is 1.89 bits per heavy atom. The van der Waals surface area contributed by atoms with E-state index in [0.29, 0.717) is 5.69 Å². The lowest BCUT2D eigenvalue weighted by Crippen LogP contribution is -2.43. The molecule has 0 radical (unpaired) electrons. The van der Waals surface area contributed by atoms with Gasteiger partial charge in [0.15, 0.2) is 0 Å². The summed E-state index contributed by atoms with van der Waals surface area (Å²) < 4.78 is 7.39. The molecule has 2 amide bonds. The van der Waals surface area contributed by atoms with Gasteiger partial charge >= 0.3 is 6.09 Å². The van der Waals surface area contributed by atoms with Crippen LogP contribution in [0.4, 0.5) is 10.5 Å². The minimum Gasteiger partial charge on any atom is -0.444 e. The van der Waals surface area contributed by atoms with Gasteiger partial charge in [-0.05, 0) is 52.7 Å². The lowest BCUT2D eigenvalue weighted by Gasteiger charge is -2.21. The monoisotopic (exact) mass is 384 g/mol. The molecule has 0 bridgehead atoms. The number of aromatic nitrogens is 2. The van der Waals surface area contributed by atoms with Gasteiger partial charge in [0, 0.05) is 30.4 Å². The Hall–Kier alpha value is -2.83. The molecule has 0 aliphatic carbocycles. The molecule has 1 aliphatic heterocycles. The van der Waals surface area contributed by atoms with Crippen LogP contribution in [-0.2, 0) is 22.5 Å². The van der Waals surface area contributed by atoms with Crippen molar-refractivity contribution in [1.29, 1.82) is 0 Å². The molecule has 0 spiro atoms. The standard InChI is InChI=1S/C21H28N4O3/c1-14(22-20(27)28-21(2,3)4)19(26)23-16-10-8-15(9-11-16)17-13-25-12-6-5-7-18(25)24-17/h8-11,13-14H,5-7,12H2,1-4H3,(H,22,27)(H,23,26). The molecule has 150 valence electrons. The first-order valence-electron chi connectivity index (χ1n) is 9.68. The number of rotatable bonds is 4. The van der Waals surface area contributed by atoms with Gasteiger partial charge in [0.1, 0.15) is 17.5 Å². The van der Waals surface area contributed by atoms with Crippen LogP contribution in [0.2, 0.25) is 0 Å². The van der Waals surface area contributed by atoms with Crippen molar-refractivity contribution in [2.45, 2.75) is 65.1 Å². The van der Waals surface area contributed by atoms with Crippen LogP contribution < -0.4 is 10.6 Å². The van der Waals surface area contributed by atoms with E-state index in [1.54, 1.807) is 27.7 Å². The van der Waals surface area contributed by atoms with Crippen LogP contribution in [0.1, 0.15) is 46.4 Å². The number of carbonyl (C=O) groups excluding carboxylic acids is 2. The van der Waals surface area contributed by atoms with Crippen LogP contribution in [0.3, 0.4) is 0 Å². The molecule has 3 rings (SSSR count). The molecule has 7 nitrogen and oxygen atoms in total. The topological polar surface area (TPSA) is 85.2 Å². The van der Waals surface area contributed by atoms with Gasteiger partial charge < -0.3 is 19.9 Å². The van der Waals surface area contributed by atoms with Crippen molar-refractivity contribution < 1.29 is 14.3 Å². The first-order valence-corrected chi connectivity index (χ1v) is 9.68. The summed E-state index contributed by atoms with van der Waals surface area (Å²) in [5.41, 5.74) is 2.02. The maximum Gasteiger partial charge on any atom is 0.408 e. The maximum absolute atomic E-state index is 12.3. The molecule has 1 aromatic heterocycles. The van der Waals surface area contributed by atoms with Crippen LogP contribution >= 0.6 is 0 Å². The van der Waals surface area contributed by atoms with Crippen molar-refractivity contribution >= 4 is 17.7 Å². The van der Waals surface area contributed by atoms with Crippen molar-refractivity contribution in [1.82, 2.24) is 14.9 Å². The Morgan fingerprint density at radius 1 is 1.18 bits per heavy atom. The van der Waals surface area contributed by atoms with Crippen molar-refractivity contribution in [3.05, 3.63) is 36.3 Å². The summed E-state index contributed by atoms with van der Waals surface area (Å²) in [7, 11) is 0. The number of anilines is 1. The van der Waals surface area contributed by atoms with Gasteiger partial charge in [-0.25, -0.2) is 9.78 Å². The van der Waals surface area contributed by atoms with E-state index in [-0.39, 0.29) is 5.91 Å². The first kappa shape index (κ1) is 19.9. The number of aryl methyl sites for hydroxylation is 2. The van der Waals surface area contributed by atoms with Crippen molar-refractivity contribution in [2.75, 3.05) is 5.32 Å². The number of hydrogen-bond acceptors (Lipinski definition) is 4. The number of carbonyl (C=O) groups is 2. The Bertz CT molecular complexity index is 826. The summed E-state index contributed by atoms with van der Waals surface area (Å²) in [4.78, 5) is 28.8. The summed E-state index contributed by atoms with van der Waals surface area (Å²) >= 11 is 0. The summed E-state index contributed by atoms with van der Waals surface area (Å²) in [5.74, 6) is 0.830. The van der Waals surface area contributed by atoms with Gasteiger partial charge in [-0.1, -0.05) is 12.1 Å². The normalized spacial score (nSPS) is 14.7. The van der Waals surface area contributed by atoms with E-state index in [1.807, 2.05) is 24.3 Å². The van der Waals surface area contributed by atoms with Crippen LogP contribution in [0.25, 0.3) is 11.3 Å². The highest BCUT2D eigenvalue weighted by molar-refractivity contribution is 5.96. The average Bonchev–Trinajstić information content (AvgIpc) is 3.04. The van der Waals surface area contributed by atoms with Crippen LogP contribution in [0, 0.1) is 0 Å². The minimum atomic E-state index is -0.714. The SMILES string of the molecule is CC(NC(=O)OC(C)(C)C)C(=O)Nc1ccc(-c2cn3c(n2)CCCC3)cc1. The summed E-state index contributed by atoms with van der Waals surface area (Å²) in [6.45, 7) is 7.96. The minimum absolute atomic E-state index is 0.309. The third-order valence-electron chi connectivity index (χ3n) is 4.48. The van der Waals surface area contributed by atoms with Crippen LogP contribution in [-0.4, -0.2) is 33.2 Å². The fourth-order valence-electron chi connectivity index (χ4n) is 3.08. The third kappa shape index (κ3) is 5.12. The van der Waals surface area contributed by atoms with Gasteiger partial charge in [0.25, 0.3) is 0 Å². The molecule has 7 heteroatoms. The number of alkyl carbamates (subject to hydrolysis) is 1. The number of nitrogens with one attached hydrogen (secondary N) is 2. The van der Waals surface area contributed by atoms with E-state index in [2.05, 4.69) is 21.4 Å². The second-order valence-electron chi connectivity index (χ2n) is 8.13. The van der Waals surface area contributed by atoms with Gasteiger partial charge in [0.2, 0.25) is 5.91 Å². The molecular formula is C21H28N4O3. The van der Waals surface area contributed by atoms with Gasteiger partial charge in [-0.3, -0.25) is 4.79 Å². The summed E-state index contributed by atoms with van der Waals surface area (Å²) in [6.07, 6.45) is 4.89. The van der Waals surface area contributed by atoms with Crippen LogP contribution in [0.15, 0.2) is 30.5 Å². The fourth-order valence-corrected chi connectivity index (χ4v) is 3.08. The number of hydrogen-bond donors (Lipinski definition) is 2. The molecule has 1 aromatic carbocycles. The van der Waals surface area contributed by atoms with E-state index in [0.717, 1.165) is 30.0 Å². The molecule has 0 fully saturated rings. The van der Waals surface area contributed by atoms with E-state index in [9.17, 15) is 9.59 Å². The number of ether oxygens (including phenoxy) is 1. The number of benzene rings is 1. The average molecular weight is 384 g/mol. The van der Waals surface area contributed by atoms with E-state index in [4.69, 9.17) is 9.72 Å². The zero-order chi connectivity index (χ0) is 20.3. The number of amides is 2. The Labute approximate surface area is 165 Å². The molecule has 2 aromatic rings. The molecule has 28 heavy (non-hydrogen) atoms. The van der Waals surface area contributed by atoms with E-state index >= 15 is 0 Å². The first-order chi connectivity index (χ1) is 13.2. The molecular weight excluding hydrogens is 356 g/mol. The van der Waals surface area contributed by atoms with Crippen molar-refractivity contribution in [3.8, 4) is 11.3 Å². The Kier molecular flexibility index (Phi) is 5.72. The van der Waals surface area contributed by atoms with Gasteiger partial charge in [0.05, 0.1) is 5.69 Å². The molecule has 2 heterocycles. The lowest BCUT2D eigenvalue weighted by atomic mass is 10.1.